The van der Waals surface area contributed by atoms with Crippen molar-refractivity contribution in [1.29, 1.82) is 0 Å². The SMILES string of the molecule is Cc1n(CCCCCCS(C)=O)cc[n+]1C. The van der Waals surface area contributed by atoms with Crippen LogP contribution in [-0.4, -0.2) is 20.8 Å². The normalized spacial score (nSPS) is 12.9. The van der Waals surface area contributed by atoms with E-state index in [2.05, 4.69) is 35.5 Å². The van der Waals surface area contributed by atoms with Gasteiger partial charge in [-0.15, -0.1) is 0 Å². The van der Waals surface area contributed by atoms with E-state index in [4.69, 9.17) is 0 Å². The number of nitrogens with zero attached hydrogens (tertiary/aromatic N) is 2. The fourth-order valence-corrected chi connectivity index (χ4v) is 2.39. The van der Waals surface area contributed by atoms with Crippen molar-refractivity contribution >= 4 is 10.8 Å². The molecule has 1 atom stereocenters. The molecule has 0 radical (unpaired) electrons. The summed E-state index contributed by atoms with van der Waals surface area (Å²) in [5.74, 6) is 2.16. The fraction of sp³-hybridized carbons (Fsp3) is 0.750. The van der Waals surface area contributed by atoms with Crippen molar-refractivity contribution in [3.8, 4) is 0 Å². The Morgan fingerprint density at radius 3 is 2.56 bits per heavy atom. The monoisotopic (exact) mass is 243 g/mol. The van der Waals surface area contributed by atoms with Gasteiger partial charge >= 0.3 is 0 Å². The summed E-state index contributed by atoms with van der Waals surface area (Å²) >= 11 is 0. The highest BCUT2D eigenvalue weighted by Crippen LogP contribution is 2.04. The second-order valence-electron chi connectivity index (χ2n) is 4.34. The molecule has 0 N–H and O–H groups in total. The van der Waals surface area contributed by atoms with E-state index in [1.165, 1.54) is 25.1 Å². The molecule has 92 valence electrons. The van der Waals surface area contributed by atoms with Gasteiger partial charge in [0.2, 0.25) is 0 Å². The van der Waals surface area contributed by atoms with Crippen LogP contribution in [0.2, 0.25) is 0 Å². The van der Waals surface area contributed by atoms with Crippen LogP contribution in [0.25, 0.3) is 0 Å². The van der Waals surface area contributed by atoms with Crippen LogP contribution in [0.1, 0.15) is 31.5 Å². The van der Waals surface area contributed by atoms with Crippen molar-refractivity contribution in [2.75, 3.05) is 12.0 Å². The van der Waals surface area contributed by atoms with E-state index in [0.29, 0.717) is 0 Å². The lowest BCUT2D eigenvalue weighted by Crippen LogP contribution is -2.29. The summed E-state index contributed by atoms with van der Waals surface area (Å²) in [7, 11) is 1.46. The first-order chi connectivity index (χ1) is 7.61. The van der Waals surface area contributed by atoms with Crippen molar-refractivity contribution in [2.24, 2.45) is 7.05 Å². The Balaban J connectivity index is 2.12. The number of imidazole rings is 1. The Labute approximate surface area is 101 Å². The third kappa shape index (κ3) is 4.47. The van der Waals surface area contributed by atoms with Crippen LogP contribution in [0.3, 0.4) is 0 Å². The van der Waals surface area contributed by atoms with E-state index in [1.807, 2.05) is 0 Å². The van der Waals surface area contributed by atoms with Crippen LogP contribution < -0.4 is 4.57 Å². The molecule has 0 saturated heterocycles. The number of aromatic nitrogens is 2. The minimum atomic E-state index is -0.616. The van der Waals surface area contributed by atoms with E-state index in [-0.39, 0.29) is 0 Å². The van der Waals surface area contributed by atoms with Crippen LogP contribution in [0.15, 0.2) is 12.4 Å². The van der Waals surface area contributed by atoms with Gasteiger partial charge < -0.3 is 0 Å². The summed E-state index contributed by atoms with van der Waals surface area (Å²) in [5.41, 5.74) is 0. The Kier molecular flexibility index (Phi) is 5.74. The molecule has 0 aliphatic heterocycles. The highest BCUT2D eigenvalue weighted by molar-refractivity contribution is 7.84. The zero-order chi connectivity index (χ0) is 12.0. The maximum absolute atomic E-state index is 10.8. The largest absolute Gasteiger partial charge is 0.260 e. The van der Waals surface area contributed by atoms with E-state index < -0.39 is 10.8 Å². The topological polar surface area (TPSA) is 25.9 Å². The number of rotatable bonds is 7. The molecule has 1 rings (SSSR count). The van der Waals surface area contributed by atoms with Gasteiger partial charge in [0.05, 0.1) is 13.6 Å². The van der Waals surface area contributed by atoms with Crippen LogP contribution in [-0.2, 0) is 24.4 Å². The van der Waals surface area contributed by atoms with Gasteiger partial charge in [0.15, 0.2) is 0 Å². The summed E-state index contributed by atoms with van der Waals surface area (Å²) in [4.78, 5) is 0. The summed E-state index contributed by atoms with van der Waals surface area (Å²) in [6.07, 6.45) is 10.8. The lowest BCUT2D eigenvalue weighted by Gasteiger charge is -2.00. The van der Waals surface area contributed by atoms with Crippen molar-refractivity contribution in [3.05, 3.63) is 18.2 Å². The number of hydrogen-bond acceptors (Lipinski definition) is 1. The highest BCUT2D eigenvalue weighted by atomic mass is 32.2. The summed E-state index contributed by atoms with van der Waals surface area (Å²) < 4.78 is 15.3. The molecule has 16 heavy (non-hydrogen) atoms. The maximum Gasteiger partial charge on any atom is 0.253 e. The molecule has 0 aromatic carbocycles. The predicted octanol–water partition coefficient (Wildman–Crippen LogP) is 1.56. The summed E-state index contributed by atoms with van der Waals surface area (Å²) in [6.45, 7) is 3.24. The lowest BCUT2D eigenvalue weighted by atomic mass is 10.2. The molecule has 3 nitrogen and oxygen atoms in total. The smallest absolute Gasteiger partial charge is 0.253 e. The Morgan fingerprint density at radius 1 is 1.31 bits per heavy atom. The van der Waals surface area contributed by atoms with Gasteiger partial charge in [-0.1, -0.05) is 6.42 Å². The van der Waals surface area contributed by atoms with Crippen LogP contribution in [0.5, 0.6) is 0 Å². The first kappa shape index (κ1) is 13.4. The molecule has 0 aliphatic rings. The average molecular weight is 243 g/mol. The Bertz CT molecular complexity index is 347. The minimum absolute atomic E-state index is 0.616. The fourth-order valence-electron chi connectivity index (χ4n) is 1.78. The third-order valence-electron chi connectivity index (χ3n) is 2.98. The van der Waals surface area contributed by atoms with Gasteiger partial charge in [-0.2, -0.15) is 0 Å². The zero-order valence-corrected chi connectivity index (χ0v) is 11.4. The second kappa shape index (κ2) is 6.84. The second-order valence-corrected chi connectivity index (χ2v) is 5.90. The van der Waals surface area contributed by atoms with Gasteiger partial charge in [-0.3, -0.25) is 4.21 Å². The van der Waals surface area contributed by atoms with Crippen LogP contribution in [0, 0.1) is 6.92 Å². The first-order valence-corrected chi connectivity index (χ1v) is 7.65. The maximum atomic E-state index is 10.8. The molecule has 0 fully saturated rings. The Morgan fingerprint density at radius 2 is 2.00 bits per heavy atom. The predicted molar refractivity (Wildman–Crippen MR) is 67.7 cm³/mol. The van der Waals surface area contributed by atoms with Crippen molar-refractivity contribution in [2.45, 2.75) is 39.2 Å². The zero-order valence-electron chi connectivity index (χ0n) is 10.6. The Hall–Kier alpha value is -0.640. The molecule has 0 spiro atoms. The molecule has 1 heterocycles. The van der Waals surface area contributed by atoms with Gasteiger partial charge in [0.25, 0.3) is 5.82 Å². The van der Waals surface area contributed by atoms with Gasteiger partial charge in [-0.05, 0) is 19.3 Å². The van der Waals surface area contributed by atoms with Gasteiger partial charge in [-0.25, -0.2) is 9.13 Å². The van der Waals surface area contributed by atoms with Gasteiger partial charge in [0, 0.05) is 29.7 Å². The molecule has 0 amide bonds. The van der Waals surface area contributed by atoms with E-state index in [9.17, 15) is 4.21 Å². The van der Waals surface area contributed by atoms with Crippen molar-refractivity contribution in [1.82, 2.24) is 4.57 Å². The molecule has 1 aromatic rings. The molecule has 1 aromatic heterocycles. The number of aryl methyl sites for hydroxylation is 2. The minimum Gasteiger partial charge on any atom is -0.260 e. The standard InChI is InChI=1S/C12H23N2OS/c1-12-13(2)9-10-14(12)8-6-4-5-7-11-16(3)15/h9-10H,4-8,11H2,1-3H3/q+1. The number of hydrogen-bond donors (Lipinski definition) is 0. The van der Waals surface area contributed by atoms with Gasteiger partial charge in [0.1, 0.15) is 12.4 Å². The first-order valence-electron chi connectivity index (χ1n) is 5.92. The number of unbranched alkanes of at least 4 members (excludes halogenated alkanes) is 3. The summed E-state index contributed by atoms with van der Waals surface area (Å²) in [6, 6.07) is 0. The molecule has 0 aliphatic carbocycles. The molecular formula is C12H23N2OS+. The molecular weight excluding hydrogens is 220 g/mol. The summed E-state index contributed by atoms with van der Waals surface area (Å²) in [5, 5.41) is 0. The van der Waals surface area contributed by atoms with Crippen molar-refractivity contribution in [3.63, 3.8) is 0 Å². The molecule has 4 heteroatoms. The van der Waals surface area contributed by atoms with Crippen LogP contribution >= 0.6 is 0 Å². The van der Waals surface area contributed by atoms with E-state index in [1.54, 1.807) is 6.26 Å². The molecule has 0 saturated carbocycles. The highest BCUT2D eigenvalue weighted by Gasteiger charge is 2.07. The quantitative estimate of drug-likeness (QED) is 0.527. The molecule has 0 bridgehead atoms. The van der Waals surface area contributed by atoms with E-state index >= 15 is 0 Å². The lowest BCUT2D eigenvalue weighted by molar-refractivity contribution is -0.677. The van der Waals surface area contributed by atoms with Crippen molar-refractivity contribution < 1.29 is 8.78 Å². The van der Waals surface area contributed by atoms with Crippen LogP contribution in [0.4, 0.5) is 0 Å². The average Bonchev–Trinajstić information content (AvgIpc) is 2.54. The third-order valence-corrected chi connectivity index (χ3v) is 3.84. The van der Waals surface area contributed by atoms with E-state index in [0.717, 1.165) is 18.7 Å². The molecule has 1 unspecified atom stereocenters.